The van der Waals surface area contributed by atoms with Crippen LogP contribution in [0.1, 0.15) is 51.7 Å². The van der Waals surface area contributed by atoms with Crippen molar-refractivity contribution in [1.29, 1.82) is 5.26 Å². The van der Waals surface area contributed by atoms with Crippen molar-refractivity contribution < 1.29 is 13.9 Å². The summed E-state index contributed by atoms with van der Waals surface area (Å²) < 4.78 is 12.0. The molecule has 176 valence electrons. The van der Waals surface area contributed by atoms with E-state index in [1.165, 1.54) is 16.2 Å². The number of nitriles is 1. The average Bonchev–Trinajstić information content (AvgIpc) is 3.22. The normalized spacial score (nSPS) is 13.3. The van der Waals surface area contributed by atoms with E-state index in [1.807, 2.05) is 56.3 Å². The molecule has 0 saturated carbocycles. The van der Waals surface area contributed by atoms with Crippen LogP contribution in [-0.2, 0) is 12.8 Å². The molecule has 2 aromatic heterocycles. The highest BCUT2D eigenvalue weighted by molar-refractivity contribution is 7.16. The van der Waals surface area contributed by atoms with E-state index >= 15 is 0 Å². The van der Waals surface area contributed by atoms with Gasteiger partial charge in [0.2, 0.25) is 5.55 Å². The van der Waals surface area contributed by atoms with Crippen molar-refractivity contribution in [3.63, 3.8) is 0 Å². The monoisotopic (exact) mass is 483 g/mol. The van der Waals surface area contributed by atoms with Crippen LogP contribution >= 0.6 is 11.3 Å². The zero-order valence-corrected chi connectivity index (χ0v) is 20.5. The molecule has 7 heteroatoms. The van der Waals surface area contributed by atoms with Crippen LogP contribution in [0.4, 0.5) is 10.7 Å². The number of nitrogens with one attached hydrogen (secondary N) is 1. The van der Waals surface area contributed by atoms with Gasteiger partial charge in [-0.1, -0.05) is 29.8 Å². The summed E-state index contributed by atoms with van der Waals surface area (Å²) >= 11 is 1.52. The molecule has 0 saturated heterocycles. The maximum Gasteiger partial charge on any atom is 0.261 e. The lowest BCUT2D eigenvalue weighted by molar-refractivity contribution is 0.102. The molecule has 0 unspecified atom stereocenters. The third kappa shape index (κ3) is 4.58. The zero-order chi connectivity index (χ0) is 24.4. The average molecular weight is 484 g/mol. The first kappa shape index (κ1) is 22.9. The van der Waals surface area contributed by atoms with Gasteiger partial charge < -0.3 is 14.5 Å². The molecule has 0 aliphatic heterocycles. The zero-order valence-electron chi connectivity index (χ0n) is 19.7. The molecule has 0 fully saturated rings. The second-order valence-corrected chi connectivity index (χ2v) is 9.59. The van der Waals surface area contributed by atoms with Crippen molar-refractivity contribution in [2.45, 2.75) is 39.5 Å². The van der Waals surface area contributed by atoms with Crippen molar-refractivity contribution >= 4 is 38.9 Å². The summed E-state index contributed by atoms with van der Waals surface area (Å²) in [7, 11) is 0. The Morgan fingerprint density at radius 1 is 1.20 bits per heavy atom. The molecule has 0 spiro atoms. The number of fused-ring (bicyclic) bond motifs is 2. The molecule has 6 nitrogen and oxygen atoms in total. The maximum atomic E-state index is 13.4. The minimum absolute atomic E-state index is 0.157. The molecule has 2 heterocycles. The van der Waals surface area contributed by atoms with Gasteiger partial charge in [-0.3, -0.25) is 4.79 Å². The van der Waals surface area contributed by atoms with E-state index in [4.69, 9.17) is 14.1 Å². The second-order valence-electron chi connectivity index (χ2n) is 8.51. The number of ether oxygens (including phenoxy) is 1. The van der Waals surface area contributed by atoms with Gasteiger partial charge in [0, 0.05) is 16.0 Å². The Morgan fingerprint density at radius 3 is 2.77 bits per heavy atom. The van der Waals surface area contributed by atoms with Crippen LogP contribution in [0.15, 0.2) is 57.9 Å². The van der Waals surface area contributed by atoms with Gasteiger partial charge in [-0.25, -0.2) is 4.99 Å². The summed E-state index contributed by atoms with van der Waals surface area (Å²) in [5.41, 5.74) is 4.42. The number of thiophene rings is 1. The Morgan fingerprint density at radius 2 is 2.00 bits per heavy atom. The number of para-hydroxylation sites is 1. The number of carbonyl (C=O) groups is 1. The highest BCUT2D eigenvalue weighted by Crippen LogP contribution is 2.39. The largest absolute Gasteiger partial charge is 0.490 e. The van der Waals surface area contributed by atoms with Gasteiger partial charge >= 0.3 is 0 Å². The standard InChI is InChI=1S/C28H25N3O3S/c1-3-33-23-9-6-7-18-15-21(26(32)30-19-13-11-17(2)12-14-19)27(34-25(18)23)31-28-22(16-29)20-8-4-5-10-24(20)35-28/h6-7,9,11-15H,3-5,8,10H2,1-2H3,(H,30,32)/b31-27-. The molecule has 4 aromatic rings. The highest BCUT2D eigenvalue weighted by atomic mass is 32.1. The van der Waals surface area contributed by atoms with Gasteiger partial charge in [0.1, 0.15) is 16.6 Å². The number of benzene rings is 2. The fourth-order valence-electron chi connectivity index (χ4n) is 4.31. The van der Waals surface area contributed by atoms with Gasteiger partial charge in [0.15, 0.2) is 11.3 Å². The van der Waals surface area contributed by atoms with Gasteiger partial charge in [0.25, 0.3) is 5.91 Å². The fourth-order valence-corrected chi connectivity index (χ4v) is 5.52. The fraction of sp³-hybridized carbons (Fsp3) is 0.250. The Hall–Kier alpha value is -3.89. The highest BCUT2D eigenvalue weighted by Gasteiger charge is 2.22. The summed E-state index contributed by atoms with van der Waals surface area (Å²) in [5.74, 6) is 0.248. The number of amides is 1. The van der Waals surface area contributed by atoms with E-state index < -0.39 is 0 Å². The van der Waals surface area contributed by atoms with Crippen molar-refractivity contribution in [3.05, 3.63) is 81.2 Å². The molecular weight excluding hydrogens is 458 g/mol. The van der Waals surface area contributed by atoms with E-state index in [-0.39, 0.29) is 11.5 Å². The number of aryl methyl sites for hydroxylation is 2. The van der Waals surface area contributed by atoms with Crippen LogP contribution in [0.25, 0.3) is 11.0 Å². The Bertz CT molecular complexity index is 1520. The lowest BCUT2D eigenvalue weighted by atomic mass is 9.96. The van der Waals surface area contributed by atoms with Crippen LogP contribution in [0.5, 0.6) is 5.75 Å². The van der Waals surface area contributed by atoms with Crippen LogP contribution in [0.2, 0.25) is 0 Å². The number of hydrogen-bond acceptors (Lipinski definition) is 6. The molecule has 0 bridgehead atoms. The summed E-state index contributed by atoms with van der Waals surface area (Å²) in [6, 6.07) is 17.3. The summed E-state index contributed by atoms with van der Waals surface area (Å²) in [6.45, 7) is 4.38. The molecule has 1 N–H and O–H groups in total. The first-order valence-corrected chi connectivity index (χ1v) is 12.6. The predicted molar refractivity (Wildman–Crippen MR) is 137 cm³/mol. The quantitative estimate of drug-likeness (QED) is 0.354. The van der Waals surface area contributed by atoms with Crippen molar-refractivity contribution in [3.8, 4) is 11.8 Å². The number of nitrogens with zero attached hydrogens (tertiary/aromatic N) is 2. The Labute approximate surface area is 207 Å². The van der Waals surface area contributed by atoms with Crippen LogP contribution in [-0.4, -0.2) is 12.5 Å². The van der Waals surface area contributed by atoms with Crippen molar-refractivity contribution in [2.75, 3.05) is 11.9 Å². The summed E-state index contributed by atoms with van der Waals surface area (Å²) in [4.78, 5) is 19.3. The predicted octanol–water partition coefficient (Wildman–Crippen LogP) is 6.44. The second kappa shape index (κ2) is 9.77. The molecule has 0 radical (unpaired) electrons. The van der Waals surface area contributed by atoms with Crippen LogP contribution < -0.4 is 15.6 Å². The smallest absolute Gasteiger partial charge is 0.261 e. The number of hydrogen-bond donors (Lipinski definition) is 1. The molecular formula is C28H25N3O3S. The third-order valence-corrected chi connectivity index (χ3v) is 7.25. The van der Waals surface area contributed by atoms with Gasteiger partial charge in [-0.15, -0.1) is 11.3 Å². The maximum absolute atomic E-state index is 13.4. The van der Waals surface area contributed by atoms with E-state index in [0.717, 1.165) is 42.2 Å². The van der Waals surface area contributed by atoms with Crippen molar-refractivity contribution in [2.24, 2.45) is 4.99 Å². The lowest BCUT2D eigenvalue weighted by Crippen LogP contribution is -2.21. The first-order valence-electron chi connectivity index (χ1n) is 11.7. The van der Waals surface area contributed by atoms with Gasteiger partial charge in [-0.05, 0) is 69.4 Å². The number of rotatable bonds is 5. The minimum Gasteiger partial charge on any atom is -0.490 e. The van der Waals surface area contributed by atoms with Crippen LogP contribution in [0.3, 0.4) is 0 Å². The molecule has 2 aromatic carbocycles. The Kier molecular flexibility index (Phi) is 6.39. The topological polar surface area (TPSA) is 87.6 Å². The summed E-state index contributed by atoms with van der Waals surface area (Å²) in [6.07, 6.45) is 4.02. The lowest BCUT2D eigenvalue weighted by Gasteiger charge is -2.10. The number of carbonyl (C=O) groups excluding carboxylic acids is 1. The van der Waals surface area contributed by atoms with Gasteiger partial charge in [-0.2, -0.15) is 5.26 Å². The Balaban J connectivity index is 1.69. The van der Waals surface area contributed by atoms with E-state index in [0.29, 0.717) is 39.8 Å². The van der Waals surface area contributed by atoms with Crippen LogP contribution in [0, 0.1) is 18.3 Å². The molecule has 1 aliphatic carbocycles. The molecule has 0 atom stereocenters. The van der Waals surface area contributed by atoms with Gasteiger partial charge in [0.05, 0.1) is 12.2 Å². The van der Waals surface area contributed by atoms with E-state index in [9.17, 15) is 10.1 Å². The first-order chi connectivity index (χ1) is 17.1. The number of anilines is 1. The van der Waals surface area contributed by atoms with E-state index in [2.05, 4.69) is 11.4 Å². The molecule has 1 amide bonds. The van der Waals surface area contributed by atoms with E-state index in [1.54, 1.807) is 6.07 Å². The van der Waals surface area contributed by atoms with Crippen molar-refractivity contribution in [1.82, 2.24) is 0 Å². The molecule has 1 aliphatic rings. The third-order valence-electron chi connectivity index (χ3n) is 6.06. The molecule has 5 rings (SSSR count). The summed E-state index contributed by atoms with van der Waals surface area (Å²) in [5, 5.41) is 14.1. The minimum atomic E-state index is -0.333. The molecule has 35 heavy (non-hydrogen) atoms. The SMILES string of the molecule is CCOc1cccc2cc(C(=O)Nc3ccc(C)cc3)/c(=N/c3sc4c(c3C#N)CCCC4)oc12.